The molecule has 14 rings (SSSR count). The van der Waals surface area contributed by atoms with Crippen molar-refractivity contribution in [2.75, 3.05) is 89.6 Å². The van der Waals surface area contributed by atoms with Crippen LogP contribution in [0.5, 0.6) is 11.8 Å². The summed E-state index contributed by atoms with van der Waals surface area (Å²) in [5.41, 5.74) is 11.1. The second kappa shape index (κ2) is 32.4. The Balaban J connectivity index is 0.000000169. The van der Waals surface area contributed by atoms with Crippen LogP contribution in [0.25, 0.3) is 78.2 Å². The van der Waals surface area contributed by atoms with Crippen molar-refractivity contribution in [2.24, 2.45) is 14.1 Å². The number of amides is 4. The zero-order chi connectivity index (χ0) is 70.8. The number of nitrogens with zero attached hydrogens (tertiary/aromatic N) is 13. The van der Waals surface area contributed by atoms with Crippen molar-refractivity contribution in [3.05, 3.63) is 158 Å². The van der Waals surface area contributed by atoms with Crippen LogP contribution in [0.15, 0.2) is 146 Å². The van der Waals surface area contributed by atoms with E-state index < -0.39 is 11.2 Å². The molecule has 10 heterocycles. The molecule has 102 heavy (non-hydrogen) atoms. The van der Waals surface area contributed by atoms with Crippen LogP contribution in [-0.2, 0) is 42.7 Å². The van der Waals surface area contributed by atoms with E-state index in [1.807, 2.05) is 137 Å². The van der Waals surface area contributed by atoms with E-state index in [0.29, 0.717) is 81.1 Å². The first kappa shape index (κ1) is 72.7. The number of carbonyl (C=O) groups excluding carboxylic acids is 4. The van der Waals surface area contributed by atoms with Gasteiger partial charge in [-0.2, -0.15) is 20.4 Å². The number of benzene rings is 4. The lowest BCUT2D eigenvalue weighted by Crippen LogP contribution is -2.48. The topological polar surface area (TPSA) is 296 Å². The number of likely N-dealkylation sites (tertiary alicyclic amines) is 1. The fourth-order valence-corrected chi connectivity index (χ4v) is 12.9. The van der Waals surface area contributed by atoms with Crippen molar-refractivity contribution >= 4 is 79.6 Å². The summed E-state index contributed by atoms with van der Waals surface area (Å²) >= 11 is 5.59. The summed E-state index contributed by atoms with van der Waals surface area (Å²) < 4.78 is 26.2. The number of halogens is 1. The van der Waals surface area contributed by atoms with Gasteiger partial charge in [-0.1, -0.05) is 68.1 Å². The third-order valence-corrected chi connectivity index (χ3v) is 18.5. The molecule has 0 radical (unpaired) electrons. The number of hydrogen-bond donors (Lipinski definition) is 5. The average Bonchev–Trinajstić information content (AvgIpc) is 1.63. The highest BCUT2D eigenvalue weighted by atomic mass is 35.5. The van der Waals surface area contributed by atoms with Crippen molar-refractivity contribution in [2.45, 2.75) is 84.2 Å². The van der Waals surface area contributed by atoms with Gasteiger partial charge < -0.3 is 44.7 Å². The first-order chi connectivity index (χ1) is 48.9. The van der Waals surface area contributed by atoms with Crippen LogP contribution in [0, 0.1) is 0 Å². The lowest BCUT2D eigenvalue weighted by Gasteiger charge is -2.30. The number of alkyl halides is 1. The molecule has 0 spiro atoms. The lowest BCUT2D eigenvalue weighted by molar-refractivity contribution is -0.138. The van der Waals surface area contributed by atoms with Gasteiger partial charge in [0, 0.05) is 143 Å². The van der Waals surface area contributed by atoms with Gasteiger partial charge in [-0.15, -0.1) is 11.6 Å². The fraction of sp³-hybridized carbons (Fsp3) is 0.360. The Hall–Kier alpha value is -10.5. The number of ether oxygens (including phenoxy) is 4. The smallest absolute Gasteiger partial charge is 0.258 e. The van der Waals surface area contributed by atoms with Gasteiger partial charge in [0.1, 0.15) is 29.9 Å². The van der Waals surface area contributed by atoms with Crippen LogP contribution in [0.2, 0.25) is 0 Å². The number of rotatable bonds is 19. The van der Waals surface area contributed by atoms with Gasteiger partial charge in [0.15, 0.2) is 22.9 Å². The number of nitrogens with one attached hydrogen (secondary N) is 5. The van der Waals surface area contributed by atoms with Gasteiger partial charge in [-0.05, 0) is 131 Å². The third-order valence-electron chi connectivity index (χ3n) is 18.2. The maximum Gasteiger partial charge on any atom is 0.258 e. The standard InChI is InChI=1S/C37H41N9O4.C21H25N5O3.C16H17ClN4O.CH4/c1-24(2)50-32-19-28(11-15-38-32)34-30-20-29(9-10-31(30)41-42-34)40-36(48)37(49-4)14-18-45(22-37)21-33(47)46-16-12-26(13-17-46)25-5-7-27(8-6-25)35-39-23-44(3)43-35;1-13(2)29-18-10-14(6-8-23-18)19-16-11-15(4-5-17(16)25-26-19)24-20(27)21(28-3)7-9-22-12-21;1-20-11-18-16(19-20)14-4-2-12(3-5-14)13-6-8-21(9-7-13)15(22)10-17;/h5-12,15,19-20,23-24H,13-14,16-18,21-22H2,1-4H3,(H,40,48)(H,41,42);4-6,8,10-11,13,22H,7,9,12H2,1-3H3,(H,24,27)(H,25,26);2-6,11H,7-10H2,1H3;1H4/t37-;21-;;/m00../s1. The van der Waals surface area contributed by atoms with E-state index in [0.717, 1.165) is 92.8 Å². The number of methoxy groups -OCH3 is 2. The molecule has 27 heteroatoms. The summed E-state index contributed by atoms with van der Waals surface area (Å²) in [5.74, 6) is 2.19. The van der Waals surface area contributed by atoms with E-state index in [1.54, 1.807) is 53.5 Å². The van der Waals surface area contributed by atoms with Gasteiger partial charge in [0.05, 0.1) is 29.8 Å². The molecule has 0 bridgehead atoms. The van der Waals surface area contributed by atoms with Crippen LogP contribution in [0.4, 0.5) is 11.4 Å². The summed E-state index contributed by atoms with van der Waals surface area (Å²) in [5, 5.41) is 34.8. The van der Waals surface area contributed by atoms with Crippen LogP contribution in [-0.4, -0.2) is 201 Å². The molecule has 2 atom stereocenters. The number of aryl methyl sites for hydroxylation is 2. The molecule has 4 amide bonds. The van der Waals surface area contributed by atoms with E-state index in [2.05, 4.69) is 103 Å². The minimum Gasteiger partial charge on any atom is -0.475 e. The van der Waals surface area contributed by atoms with Crippen LogP contribution in [0.1, 0.15) is 71.9 Å². The Bertz CT molecular complexity index is 4650. The SMILES string of the molecule is C.CO[C@@]1(C(=O)Nc2ccc3[nH]nc(-c4ccnc(OC(C)C)c4)c3c2)CCN(CC(=O)N2CC=C(c3ccc(-c4ncn(C)n4)cc3)CC2)C1.CO[C@@]1(C(=O)Nc2ccc3[nH]nc(-c4ccnc(OC(C)C)c4)c3c2)CCNC1.Cn1cnc(-c2ccc(C3=CCN(C(=O)CCl)CC3)cc2)n1. The molecule has 0 unspecified atom stereocenters. The number of aromatic nitrogens is 12. The highest BCUT2D eigenvalue weighted by Gasteiger charge is 2.46. The van der Waals surface area contributed by atoms with E-state index in [4.69, 9.17) is 30.5 Å². The van der Waals surface area contributed by atoms with Crippen LogP contribution in [0.3, 0.4) is 0 Å². The molecule has 0 saturated carbocycles. The van der Waals surface area contributed by atoms with Gasteiger partial charge >= 0.3 is 0 Å². The summed E-state index contributed by atoms with van der Waals surface area (Å²) in [6.45, 7) is 12.8. The van der Waals surface area contributed by atoms with Crippen LogP contribution >= 0.6 is 11.6 Å². The monoisotopic (exact) mass is 1400 g/mol. The number of aromatic amines is 2. The molecule has 2 fully saturated rings. The fourth-order valence-electron chi connectivity index (χ4n) is 12.7. The molecule has 4 aliphatic heterocycles. The van der Waals surface area contributed by atoms with Crippen molar-refractivity contribution in [3.63, 3.8) is 0 Å². The Morgan fingerprint density at radius 3 is 1.45 bits per heavy atom. The van der Waals surface area contributed by atoms with Gasteiger partial charge in [-0.25, -0.2) is 19.9 Å². The zero-order valence-corrected chi connectivity index (χ0v) is 58.6. The van der Waals surface area contributed by atoms with Gasteiger partial charge in [0.25, 0.3) is 11.8 Å². The molecular formula is C75H87ClN18O8. The highest BCUT2D eigenvalue weighted by molar-refractivity contribution is 6.27. The maximum absolute atomic E-state index is 13.7. The van der Waals surface area contributed by atoms with Crippen molar-refractivity contribution < 1.29 is 38.1 Å². The minimum absolute atomic E-state index is 0. The van der Waals surface area contributed by atoms with Crippen LogP contribution < -0.4 is 25.4 Å². The Morgan fingerprint density at radius 1 is 0.569 bits per heavy atom. The number of carbonyl (C=O) groups is 4. The maximum atomic E-state index is 13.7. The predicted molar refractivity (Wildman–Crippen MR) is 394 cm³/mol. The molecule has 4 aromatic carbocycles. The van der Waals surface area contributed by atoms with Crippen molar-refractivity contribution in [3.8, 4) is 57.1 Å². The molecule has 5 N–H and O–H groups in total. The molecule has 4 aliphatic rings. The van der Waals surface area contributed by atoms with E-state index in [9.17, 15) is 19.2 Å². The molecule has 2 saturated heterocycles. The molecule has 10 aromatic rings. The van der Waals surface area contributed by atoms with Crippen molar-refractivity contribution in [1.82, 2.24) is 79.9 Å². The van der Waals surface area contributed by atoms with E-state index >= 15 is 0 Å². The third kappa shape index (κ3) is 16.9. The van der Waals surface area contributed by atoms with Gasteiger partial charge in [-0.3, -0.25) is 43.6 Å². The minimum atomic E-state index is -1.07. The van der Waals surface area contributed by atoms with Crippen molar-refractivity contribution in [1.29, 1.82) is 0 Å². The number of hydrogen-bond acceptors (Lipinski definition) is 18. The quantitative estimate of drug-likeness (QED) is 0.0470. The Labute approximate surface area is 597 Å². The van der Waals surface area contributed by atoms with E-state index in [-0.39, 0.29) is 55.7 Å². The number of anilines is 2. The predicted octanol–water partition coefficient (Wildman–Crippen LogP) is 10.3. The molecule has 26 nitrogen and oxygen atoms in total. The highest BCUT2D eigenvalue weighted by Crippen LogP contribution is 2.35. The Kier molecular flexibility index (Phi) is 23.1. The summed E-state index contributed by atoms with van der Waals surface area (Å²) in [6.07, 6.45) is 13.8. The number of fused-ring (bicyclic) bond motifs is 2. The van der Waals surface area contributed by atoms with E-state index in [1.165, 1.54) is 16.7 Å². The summed E-state index contributed by atoms with van der Waals surface area (Å²) in [6, 6.07) is 35.2. The zero-order valence-electron chi connectivity index (χ0n) is 57.9. The summed E-state index contributed by atoms with van der Waals surface area (Å²) in [4.78, 5) is 74.3. The normalized spacial score (nSPS) is 17.5. The molecule has 0 aliphatic carbocycles. The second-order valence-electron chi connectivity index (χ2n) is 25.9. The lowest BCUT2D eigenvalue weighted by atomic mass is 9.98. The number of H-pyrrole nitrogens is 2. The first-order valence-corrected chi connectivity index (χ1v) is 34.2. The first-order valence-electron chi connectivity index (χ1n) is 33.7. The molecule has 6 aromatic heterocycles. The Morgan fingerprint density at radius 2 is 1.04 bits per heavy atom. The molecular weight excluding hydrogens is 1320 g/mol. The van der Waals surface area contributed by atoms with Gasteiger partial charge in [0.2, 0.25) is 23.6 Å². The average molecular weight is 1400 g/mol. The number of pyridine rings is 2. The largest absolute Gasteiger partial charge is 0.475 e. The molecule has 532 valence electrons. The summed E-state index contributed by atoms with van der Waals surface area (Å²) in [7, 11) is 6.83. The second-order valence-corrected chi connectivity index (χ2v) is 26.1.